The van der Waals surface area contributed by atoms with E-state index >= 15 is 0 Å². The van der Waals surface area contributed by atoms with Crippen molar-refractivity contribution in [3.8, 4) is 0 Å². The molecule has 0 N–H and O–H groups in total. The molecule has 0 aliphatic carbocycles. The van der Waals surface area contributed by atoms with Crippen LogP contribution in [0.3, 0.4) is 0 Å². The van der Waals surface area contributed by atoms with Crippen LogP contribution in [0.25, 0.3) is 0 Å². The summed E-state index contributed by atoms with van der Waals surface area (Å²) in [6.07, 6.45) is 6.92. The fourth-order valence-electron chi connectivity index (χ4n) is 4.51. The van der Waals surface area contributed by atoms with Crippen LogP contribution in [0.1, 0.15) is 50.2 Å². The number of nitrogens with zero attached hydrogens (tertiary/aromatic N) is 2. The smallest absolute Gasteiger partial charge is 0.225 e. The van der Waals surface area contributed by atoms with Gasteiger partial charge in [-0.15, -0.1) is 0 Å². The summed E-state index contributed by atoms with van der Waals surface area (Å²) < 4.78 is 0. The van der Waals surface area contributed by atoms with E-state index in [2.05, 4.69) is 47.9 Å². The average Bonchev–Trinajstić information content (AvgIpc) is 2.67. The van der Waals surface area contributed by atoms with Gasteiger partial charge in [-0.25, -0.2) is 0 Å². The number of carbonyl (C=O) groups excluding carboxylic acids is 1. The Morgan fingerprint density at radius 3 is 2.60 bits per heavy atom. The molecular weight excluding hydrogens is 308 g/mol. The highest BCUT2D eigenvalue weighted by atomic mass is 16.2. The summed E-state index contributed by atoms with van der Waals surface area (Å²) in [5, 5.41) is 0. The Morgan fingerprint density at radius 1 is 1.12 bits per heavy atom. The van der Waals surface area contributed by atoms with Crippen molar-refractivity contribution < 1.29 is 4.79 Å². The van der Waals surface area contributed by atoms with Crippen LogP contribution in [0.15, 0.2) is 24.3 Å². The minimum absolute atomic E-state index is 0.276. The molecule has 2 saturated heterocycles. The van der Waals surface area contributed by atoms with Gasteiger partial charge in [-0.1, -0.05) is 31.2 Å². The molecule has 2 aliphatic heterocycles. The molecule has 138 valence electrons. The highest BCUT2D eigenvalue weighted by molar-refractivity contribution is 5.79. The van der Waals surface area contributed by atoms with Crippen molar-refractivity contribution in [2.75, 3.05) is 32.7 Å². The van der Waals surface area contributed by atoms with Gasteiger partial charge in [-0.05, 0) is 82.1 Å². The van der Waals surface area contributed by atoms with Crippen molar-refractivity contribution in [1.82, 2.24) is 9.80 Å². The third-order valence-corrected chi connectivity index (χ3v) is 6.30. The molecule has 0 saturated carbocycles. The highest BCUT2D eigenvalue weighted by Crippen LogP contribution is 2.26. The van der Waals surface area contributed by atoms with Gasteiger partial charge < -0.3 is 9.80 Å². The Labute approximate surface area is 153 Å². The lowest BCUT2D eigenvalue weighted by Crippen LogP contribution is -2.46. The molecule has 1 aromatic rings. The van der Waals surface area contributed by atoms with Crippen LogP contribution in [0.5, 0.6) is 0 Å². The van der Waals surface area contributed by atoms with Gasteiger partial charge in [0.1, 0.15) is 0 Å². The molecule has 3 nitrogen and oxygen atoms in total. The monoisotopic (exact) mass is 342 g/mol. The zero-order chi connectivity index (χ0) is 17.6. The van der Waals surface area contributed by atoms with Gasteiger partial charge in [0, 0.05) is 19.0 Å². The topological polar surface area (TPSA) is 23.6 Å². The fraction of sp³-hybridized carbons (Fsp3) is 0.682. The first-order valence-electron chi connectivity index (χ1n) is 10.2. The van der Waals surface area contributed by atoms with E-state index in [1.54, 1.807) is 0 Å². The number of hydrogen-bond acceptors (Lipinski definition) is 2. The van der Waals surface area contributed by atoms with E-state index in [-0.39, 0.29) is 5.92 Å². The average molecular weight is 343 g/mol. The van der Waals surface area contributed by atoms with E-state index in [0.29, 0.717) is 11.8 Å². The number of carbonyl (C=O) groups is 1. The van der Waals surface area contributed by atoms with Crippen LogP contribution < -0.4 is 0 Å². The molecule has 0 spiro atoms. The lowest BCUT2D eigenvalue weighted by atomic mass is 9.89. The van der Waals surface area contributed by atoms with E-state index < -0.39 is 0 Å². The summed E-state index contributed by atoms with van der Waals surface area (Å²) in [7, 11) is 0. The molecule has 0 unspecified atom stereocenters. The summed E-state index contributed by atoms with van der Waals surface area (Å²) in [6.45, 7) is 9.69. The fourth-order valence-corrected chi connectivity index (χ4v) is 4.51. The second-order valence-corrected chi connectivity index (χ2v) is 7.97. The number of piperidine rings is 2. The second-order valence-electron chi connectivity index (χ2n) is 7.97. The largest absolute Gasteiger partial charge is 0.342 e. The van der Waals surface area contributed by atoms with E-state index in [9.17, 15) is 4.79 Å². The maximum atomic E-state index is 12.9. The van der Waals surface area contributed by atoms with Crippen molar-refractivity contribution >= 4 is 5.91 Å². The summed E-state index contributed by atoms with van der Waals surface area (Å²) in [4.78, 5) is 17.6. The zero-order valence-electron chi connectivity index (χ0n) is 16.0. The van der Waals surface area contributed by atoms with Gasteiger partial charge in [0.25, 0.3) is 0 Å². The first-order valence-corrected chi connectivity index (χ1v) is 10.2. The summed E-state index contributed by atoms with van der Waals surface area (Å²) >= 11 is 0. The highest BCUT2D eigenvalue weighted by Gasteiger charge is 2.30. The third-order valence-electron chi connectivity index (χ3n) is 6.30. The second kappa shape index (κ2) is 8.84. The molecule has 0 aromatic heterocycles. The van der Waals surface area contributed by atoms with Crippen molar-refractivity contribution in [1.29, 1.82) is 0 Å². The van der Waals surface area contributed by atoms with Gasteiger partial charge in [-0.3, -0.25) is 4.79 Å². The molecular formula is C22H34N2O. The Morgan fingerprint density at radius 2 is 1.88 bits per heavy atom. The first kappa shape index (κ1) is 18.4. The zero-order valence-corrected chi connectivity index (χ0v) is 16.0. The number of hydrogen-bond donors (Lipinski definition) is 0. The Hall–Kier alpha value is -1.35. The van der Waals surface area contributed by atoms with Crippen LogP contribution in [0, 0.1) is 18.8 Å². The van der Waals surface area contributed by atoms with Crippen LogP contribution in [-0.2, 0) is 11.2 Å². The quantitative estimate of drug-likeness (QED) is 0.810. The lowest BCUT2D eigenvalue weighted by Gasteiger charge is -2.37. The molecule has 2 heterocycles. The first-order chi connectivity index (χ1) is 12.2. The Balaban J connectivity index is 1.49. The molecule has 25 heavy (non-hydrogen) atoms. The van der Waals surface area contributed by atoms with Crippen molar-refractivity contribution in [3.05, 3.63) is 35.4 Å². The van der Waals surface area contributed by atoms with Crippen LogP contribution in [-0.4, -0.2) is 48.4 Å². The predicted octanol–water partition coefficient (Wildman–Crippen LogP) is 3.90. The van der Waals surface area contributed by atoms with Gasteiger partial charge >= 0.3 is 0 Å². The van der Waals surface area contributed by atoms with Gasteiger partial charge in [0.15, 0.2) is 0 Å². The number of aryl methyl sites for hydroxylation is 2. The molecule has 2 fully saturated rings. The Kier molecular flexibility index (Phi) is 6.52. The normalized spacial score (nSPS) is 23.0. The minimum Gasteiger partial charge on any atom is -0.342 e. The molecule has 0 radical (unpaired) electrons. The maximum absolute atomic E-state index is 12.9. The number of amides is 1. The van der Waals surface area contributed by atoms with Gasteiger partial charge in [-0.2, -0.15) is 0 Å². The van der Waals surface area contributed by atoms with E-state index in [1.165, 1.54) is 30.4 Å². The molecule has 1 atom stereocenters. The number of rotatable bonds is 5. The molecule has 2 aliphatic rings. The molecule has 1 amide bonds. The number of likely N-dealkylation sites (tertiary alicyclic amines) is 2. The van der Waals surface area contributed by atoms with Crippen molar-refractivity contribution in [2.45, 2.75) is 52.4 Å². The SMILES string of the molecule is CCN1CCC(C(=O)N2CCC[C@@H](CCc3ccccc3C)C2)CC1. The summed E-state index contributed by atoms with van der Waals surface area (Å²) in [5.41, 5.74) is 2.87. The third kappa shape index (κ3) is 4.84. The van der Waals surface area contributed by atoms with Crippen molar-refractivity contribution in [3.63, 3.8) is 0 Å². The summed E-state index contributed by atoms with van der Waals surface area (Å²) in [6, 6.07) is 8.71. The van der Waals surface area contributed by atoms with E-state index in [1.807, 2.05) is 0 Å². The molecule has 3 rings (SSSR count). The number of benzene rings is 1. The standard InChI is InChI=1S/C22H34N2O/c1-3-23-15-12-21(13-16-23)22(25)24-14-6-8-19(17-24)10-11-20-9-5-4-7-18(20)2/h4-5,7,9,19,21H,3,6,8,10-17H2,1-2H3/t19-/m0/s1. The predicted molar refractivity (Wildman–Crippen MR) is 104 cm³/mol. The maximum Gasteiger partial charge on any atom is 0.225 e. The summed E-state index contributed by atoms with van der Waals surface area (Å²) in [5.74, 6) is 1.39. The van der Waals surface area contributed by atoms with E-state index in [0.717, 1.165) is 52.0 Å². The van der Waals surface area contributed by atoms with Gasteiger partial charge in [0.2, 0.25) is 5.91 Å². The molecule has 3 heteroatoms. The molecule has 0 bridgehead atoms. The van der Waals surface area contributed by atoms with Crippen LogP contribution in [0.4, 0.5) is 0 Å². The van der Waals surface area contributed by atoms with Gasteiger partial charge in [0.05, 0.1) is 0 Å². The van der Waals surface area contributed by atoms with Crippen molar-refractivity contribution in [2.24, 2.45) is 11.8 Å². The van der Waals surface area contributed by atoms with Crippen LogP contribution in [0.2, 0.25) is 0 Å². The van der Waals surface area contributed by atoms with E-state index in [4.69, 9.17) is 0 Å². The minimum atomic E-state index is 0.276. The van der Waals surface area contributed by atoms with Crippen LogP contribution >= 0.6 is 0 Å². The Bertz CT molecular complexity index is 563. The molecule has 1 aromatic carbocycles. The lowest BCUT2D eigenvalue weighted by molar-refractivity contribution is -0.139.